The highest BCUT2D eigenvalue weighted by atomic mass is 32.1. The number of benzene rings is 1. The first-order valence-corrected chi connectivity index (χ1v) is 16.7. The predicted octanol–water partition coefficient (Wildman–Crippen LogP) is 5.34. The van der Waals surface area contributed by atoms with Gasteiger partial charge < -0.3 is 25.7 Å². The van der Waals surface area contributed by atoms with Crippen LogP contribution in [0.3, 0.4) is 0 Å². The molecule has 13 nitrogen and oxygen atoms in total. The highest BCUT2D eigenvalue weighted by Gasteiger charge is 2.54. The summed E-state index contributed by atoms with van der Waals surface area (Å²) in [5, 5.41) is 29.2. The molecule has 1 aliphatic rings. The predicted molar refractivity (Wildman–Crippen MR) is 184 cm³/mol. The van der Waals surface area contributed by atoms with Gasteiger partial charge >= 0.3 is 12.2 Å². The Labute approximate surface area is 281 Å². The van der Waals surface area contributed by atoms with Crippen molar-refractivity contribution in [2.24, 2.45) is 11.3 Å². The topological polar surface area (TPSA) is 167 Å². The zero-order chi connectivity index (χ0) is 35.3. The van der Waals surface area contributed by atoms with Gasteiger partial charge in [-0.15, -0.1) is 11.3 Å². The van der Waals surface area contributed by atoms with Crippen LogP contribution in [0.2, 0.25) is 0 Å². The van der Waals surface area contributed by atoms with Gasteiger partial charge in [0, 0.05) is 55.6 Å². The maximum atomic E-state index is 12.6. The first-order chi connectivity index (χ1) is 21.7. The van der Waals surface area contributed by atoms with E-state index in [4.69, 9.17) is 4.98 Å². The molecule has 0 aliphatic carbocycles. The molecular weight excluding hydrogens is 622 g/mol. The van der Waals surface area contributed by atoms with Crippen LogP contribution in [0.5, 0.6) is 0 Å². The van der Waals surface area contributed by atoms with Crippen LogP contribution in [0, 0.1) is 11.3 Å². The minimum atomic E-state index is -1.70. The lowest BCUT2D eigenvalue weighted by Crippen LogP contribution is -2.76. The molecule has 1 aromatic carbocycles. The SMILES string of the molecule is CC(=O)Nc1nc(CCc2ccc(NC(NC(=O)O)(N(C(=O)O)C(C)(C)C)C(C)(C)C)cc2)c(CN2CCC[C@@H](C(=O)N(C)C)C2)s1. The van der Waals surface area contributed by atoms with Crippen molar-refractivity contribution in [3.05, 3.63) is 40.4 Å². The molecule has 0 saturated carbocycles. The van der Waals surface area contributed by atoms with Crippen LogP contribution in [-0.4, -0.2) is 92.4 Å². The molecule has 0 radical (unpaired) electrons. The summed E-state index contributed by atoms with van der Waals surface area (Å²) in [6, 6.07) is 7.45. The number of anilines is 2. The molecule has 2 aromatic rings. The van der Waals surface area contributed by atoms with Crippen molar-refractivity contribution in [3.63, 3.8) is 0 Å². The summed E-state index contributed by atoms with van der Waals surface area (Å²) in [5.41, 5.74) is 0.580. The number of thiazole rings is 1. The molecule has 14 heteroatoms. The Hall–Kier alpha value is -3.91. The van der Waals surface area contributed by atoms with Crippen molar-refractivity contribution in [2.75, 3.05) is 37.8 Å². The summed E-state index contributed by atoms with van der Waals surface area (Å²) < 4.78 is 0. The van der Waals surface area contributed by atoms with E-state index < -0.39 is 28.9 Å². The van der Waals surface area contributed by atoms with Crippen LogP contribution in [0.25, 0.3) is 0 Å². The number of carboxylic acid groups (broad SMARTS) is 2. The monoisotopic (exact) mass is 673 g/mol. The number of piperidine rings is 1. The van der Waals surface area contributed by atoms with Crippen LogP contribution < -0.4 is 16.0 Å². The van der Waals surface area contributed by atoms with Gasteiger partial charge in [0.25, 0.3) is 0 Å². The fourth-order valence-electron chi connectivity index (χ4n) is 6.04. The normalized spacial score (nSPS) is 16.9. The molecule has 1 aliphatic heterocycles. The number of hydrogen-bond acceptors (Lipinski definition) is 8. The molecule has 1 saturated heterocycles. The summed E-state index contributed by atoms with van der Waals surface area (Å²) in [6.45, 7) is 14.1. The maximum Gasteiger partial charge on any atom is 0.411 e. The number of carbonyl (C=O) groups is 4. The van der Waals surface area contributed by atoms with Crippen molar-refractivity contribution in [1.29, 1.82) is 0 Å². The molecule has 2 heterocycles. The minimum absolute atomic E-state index is 0.0363. The molecule has 1 unspecified atom stereocenters. The van der Waals surface area contributed by atoms with E-state index in [1.165, 1.54) is 18.3 Å². The molecule has 5 N–H and O–H groups in total. The molecule has 1 fully saturated rings. The van der Waals surface area contributed by atoms with Crippen LogP contribution >= 0.6 is 11.3 Å². The summed E-state index contributed by atoms with van der Waals surface area (Å²) in [6.07, 6.45) is 0.456. The van der Waals surface area contributed by atoms with E-state index in [1.807, 2.05) is 24.3 Å². The van der Waals surface area contributed by atoms with Crippen LogP contribution in [0.15, 0.2) is 24.3 Å². The van der Waals surface area contributed by atoms with Gasteiger partial charge in [0.1, 0.15) is 0 Å². The van der Waals surface area contributed by atoms with E-state index in [1.54, 1.807) is 60.5 Å². The van der Waals surface area contributed by atoms with Gasteiger partial charge in [0.15, 0.2) is 5.13 Å². The Kier molecular flexibility index (Phi) is 11.9. The second-order valence-electron chi connectivity index (χ2n) is 14.4. The van der Waals surface area contributed by atoms with Gasteiger partial charge in [-0.25, -0.2) is 14.6 Å². The number of amides is 4. The summed E-state index contributed by atoms with van der Waals surface area (Å²) >= 11 is 1.46. The summed E-state index contributed by atoms with van der Waals surface area (Å²) in [4.78, 5) is 59.9. The lowest BCUT2D eigenvalue weighted by Gasteiger charge is -2.55. The number of rotatable bonds is 11. The van der Waals surface area contributed by atoms with Crippen LogP contribution in [0.1, 0.15) is 77.4 Å². The molecule has 1 aromatic heterocycles. The first kappa shape index (κ1) is 37.5. The van der Waals surface area contributed by atoms with Gasteiger partial charge in [-0.1, -0.05) is 32.9 Å². The molecule has 260 valence electrons. The van der Waals surface area contributed by atoms with E-state index in [-0.39, 0.29) is 17.7 Å². The Morgan fingerprint density at radius 3 is 2.17 bits per heavy atom. The first-order valence-electron chi connectivity index (χ1n) is 15.8. The Morgan fingerprint density at radius 2 is 1.66 bits per heavy atom. The second-order valence-corrected chi connectivity index (χ2v) is 15.5. The summed E-state index contributed by atoms with van der Waals surface area (Å²) in [5.74, 6) is -1.79. The number of aryl methyl sites for hydroxylation is 2. The van der Waals surface area contributed by atoms with Crippen molar-refractivity contribution in [2.45, 2.75) is 92.0 Å². The van der Waals surface area contributed by atoms with Crippen molar-refractivity contribution in [3.8, 4) is 0 Å². The average molecular weight is 674 g/mol. The van der Waals surface area contributed by atoms with Crippen LogP contribution in [0.4, 0.5) is 20.4 Å². The lowest BCUT2D eigenvalue weighted by atomic mass is 9.82. The van der Waals surface area contributed by atoms with E-state index in [2.05, 4.69) is 20.9 Å². The molecule has 47 heavy (non-hydrogen) atoms. The number of nitrogens with zero attached hydrogens (tertiary/aromatic N) is 4. The Balaban J connectivity index is 1.83. The van der Waals surface area contributed by atoms with Gasteiger partial charge in [0.2, 0.25) is 17.6 Å². The van der Waals surface area contributed by atoms with E-state index in [0.29, 0.717) is 36.8 Å². The Morgan fingerprint density at radius 1 is 1.02 bits per heavy atom. The number of nitrogens with one attached hydrogen (secondary N) is 3. The van der Waals surface area contributed by atoms with Crippen molar-refractivity contribution < 1.29 is 29.4 Å². The highest BCUT2D eigenvalue weighted by molar-refractivity contribution is 7.15. The van der Waals surface area contributed by atoms with Crippen molar-refractivity contribution in [1.82, 2.24) is 25.0 Å². The van der Waals surface area contributed by atoms with E-state index in [0.717, 1.165) is 40.4 Å². The summed E-state index contributed by atoms with van der Waals surface area (Å²) in [7, 11) is 3.57. The van der Waals surface area contributed by atoms with E-state index >= 15 is 0 Å². The third-order valence-electron chi connectivity index (χ3n) is 8.22. The number of hydrogen-bond donors (Lipinski definition) is 5. The molecule has 4 amide bonds. The zero-order valence-corrected chi connectivity index (χ0v) is 29.9. The third kappa shape index (κ3) is 9.57. The standard InChI is InChI=1S/C33H51N7O6S/c1-21(41)34-28-35-25(26(47-28)20-39-18-10-11-23(19-39)27(42)38(8)9)17-14-22-12-15-24(16-13-22)36-33(31(2,3)4,37-29(43)44)40(30(45)46)32(5,6)7/h12-13,15-16,23,36-37H,10-11,14,17-20H2,1-9H3,(H,43,44)(H,45,46)(H,34,35,41)/t23-,33?/m1/s1. The number of likely N-dealkylation sites (tertiary alicyclic amines) is 1. The molecular formula is C33H51N7O6S. The fraction of sp³-hybridized carbons (Fsp3) is 0.606. The van der Waals surface area contributed by atoms with Gasteiger partial charge in [0.05, 0.1) is 11.6 Å². The average Bonchev–Trinajstić information content (AvgIpc) is 3.30. The zero-order valence-electron chi connectivity index (χ0n) is 29.1. The largest absolute Gasteiger partial charge is 0.465 e. The van der Waals surface area contributed by atoms with Gasteiger partial charge in [-0.2, -0.15) is 0 Å². The number of aromatic nitrogens is 1. The minimum Gasteiger partial charge on any atom is -0.465 e. The fourth-order valence-corrected chi connectivity index (χ4v) is 7.14. The third-order valence-corrected chi connectivity index (χ3v) is 9.22. The maximum absolute atomic E-state index is 12.6. The quantitative estimate of drug-likeness (QED) is 0.198. The van der Waals surface area contributed by atoms with E-state index in [9.17, 15) is 29.4 Å². The molecule has 2 atom stereocenters. The Bertz CT molecular complexity index is 1430. The smallest absolute Gasteiger partial charge is 0.411 e. The van der Waals surface area contributed by atoms with Crippen molar-refractivity contribution >= 4 is 46.2 Å². The molecule has 0 spiro atoms. The highest BCUT2D eigenvalue weighted by Crippen LogP contribution is 2.39. The molecule has 3 rings (SSSR count). The van der Waals surface area contributed by atoms with Gasteiger partial charge in [-0.05, 0) is 70.7 Å². The lowest BCUT2D eigenvalue weighted by molar-refractivity contribution is -0.134. The van der Waals surface area contributed by atoms with Gasteiger partial charge in [-0.3, -0.25) is 24.7 Å². The second kappa shape index (κ2) is 14.9. The van der Waals surface area contributed by atoms with Crippen LogP contribution in [-0.2, 0) is 29.0 Å². The number of carbonyl (C=O) groups excluding carboxylic acids is 2. The molecule has 0 bridgehead atoms.